The fourth-order valence-corrected chi connectivity index (χ4v) is 2.50. The number of hydrogen-bond donors (Lipinski definition) is 2. The predicted octanol–water partition coefficient (Wildman–Crippen LogP) is 2.53. The normalized spacial score (nSPS) is 13.7. The van der Waals surface area contributed by atoms with Crippen LogP contribution in [0.1, 0.15) is 18.1 Å². The van der Waals surface area contributed by atoms with Gasteiger partial charge in [-0.2, -0.15) is 0 Å². The zero-order valence-electron chi connectivity index (χ0n) is 12.8. The molecule has 0 aromatic heterocycles. The minimum absolute atomic E-state index is 0.0889. The monoisotopic (exact) mass is 284 g/mol. The molecule has 2 rings (SSSR count). The van der Waals surface area contributed by atoms with Crippen LogP contribution in [0.15, 0.2) is 54.6 Å². The highest BCUT2D eigenvalue weighted by molar-refractivity contribution is 5.48. The standard InChI is InChI=1S/C18H24N2O/c1-3-15-9-11-17(12-10-15)20(2)13-18(19,14-21)16-7-5-4-6-8-16/h4-12,21H,3,13-14,19H2,1-2H3. The third-order valence-corrected chi connectivity index (χ3v) is 3.94. The number of hydrogen-bond acceptors (Lipinski definition) is 3. The molecule has 0 saturated carbocycles. The first kappa shape index (κ1) is 15.5. The first-order chi connectivity index (χ1) is 10.1. The molecule has 0 aliphatic heterocycles. The van der Waals surface area contributed by atoms with Gasteiger partial charge in [0.05, 0.1) is 12.1 Å². The summed E-state index contributed by atoms with van der Waals surface area (Å²) in [5, 5.41) is 9.77. The summed E-state index contributed by atoms with van der Waals surface area (Å²) in [6.07, 6.45) is 1.03. The van der Waals surface area contributed by atoms with Crippen LogP contribution in [0.4, 0.5) is 5.69 Å². The minimum Gasteiger partial charge on any atom is -0.394 e. The topological polar surface area (TPSA) is 49.5 Å². The van der Waals surface area contributed by atoms with E-state index in [-0.39, 0.29) is 6.61 Å². The van der Waals surface area contributed by atoms with E-state index in [4.69, 9.17) is 5.73 Å². The lowest BCUT2D eigenvalue weighted by Gasteiger charge is -2.33. The van der Waals surface area contributed by atoms with Crippen LogP contribution >= 0.6 is 0 Å². The lowest BCUT2D eigenvalue weighted by atomic mass is 9.91. The Kier molecular flexibility index (Phi) is 4.99. The first-order valence-electron chi connectivity index (χ1n) is 7.34. The van der Waals surface area contributed by atoms with Crippen LogP contribution in [-0.2, 0) is 12.0 Å². The minimum atomic E-state index is -0.764. The number of rotatable bonds is 6. The van der Waals surface area contributed by atoms with E-state index in [0.29, 0.717) is 6.54 Å². The molecule has 0 saturated heterocycles. The predicted molar refractivity (Wildman–Crippen MR) is 88.5 cm³/mol. The van der Waals surface area contributed by atoms with Crippen molar-refractivity contribution < 1.29 is 5.11 Å². The Morgan fingerprint density at radius 2 is 1.67 bits per heavy atom. The molecule has 0 fully saturated rings. The summed E-state index contributed by atoms with van der Waals surface area (Å²) in [7, 11) is 2.00. The lowest BCUT2D eigenvalue weighted by molar-refractivity contribution is 0.200. The second-order valence-corrected chi connectivity index (χ2v) is 5.56. The SMILES string of the molecule is CCc1ccc(N(C)CC(N)(CO)c2ccccc2)cc1. The van der Waals surface area contributed by atoms with Gasteiger partial charge in [-0.3, -0.25) is 0 Å². The van der Waals surface area contributed by atoms with Crippen molar-refractivity contribution in [3.8, 4) is 0 Å². The van der Waals surface area contributed by atoms with Crippen molar-refractivity contribution in [3.63, 3.8) is 0 Å². The Bertz CT molecular complexity index is 553. The summed E-state index contributed by atoms with van der Waals surface area (Å²) in [5.41, 5.74) is 9.02. The second kappa shape index (κ2) is 6.74. The highest BCUT2D eigenvalue weighted by atomic mass is 16.3. The van der Waals surface area contributed by atoms with Crippen LogP contribution < -0.4 is 10.6 Å². The van der Waals surface area contributed by atoms with Crippen LogP contribution in [0.2, 0.25) is 0 Å². The Labute approximate surface area is 127 Å². The molecule has 3 N–H and O–H groups in total. The maximum absolute atomic E-state index is 9.77. The summed E-state index contributed by atoms with van der Waals surface area (Å²) in [6.45, 7) is 2.61. The smallest absolute Gasteiger partial charge is 0.0821 e. The highest BCUT2D eigenvalue weighted by Gasteiger charge is 2.28. The molecule has 21 heavy (non-hydrogen) atoms. The maximum Gasteiger partial charge on any atom is 0.0821 e. The Balaban J connectivity index is 2.17. The molecular formula is C18H24N2O. The second-order valence-electron chi connectivity index (χ2n) is 5.56. The molecular weight excluding hydrogens is 260 g/mol. The van der Waals surface area contributed by atoms with E-state index in [9.17, 15) is 5.11 Å². The summed E-state index contributed by atoms with van der Waals surface area (Å²) in [5.74, 6) is 0. The van der Waals surface area contributed by atoms with Crippen molar-refractivity contribution >= 4 is 5.69 Å². The molecule has 0 amide bonds. The number of aliphatic hydroxyl groups excluding tert-OH is 1. The molecule has 1 unspecified atom stereocenters. The van der Waals surface area contributed by atoms with Gasteiger partial charge < -0.3 is 15.7 Å². The lowest BCUT2D eigenvalue weighted by Crippen LogP contribution is -2.49. The number of anilines is 1. The fraction of sp³-hybridized carbons (Fsp3) is 0.333. The van der Waals surface area contributed by atoms with E-state index < -0.39 is 5.54 Å². The zero-order valence-corrected chi connectivity index (χ0v) is 12.8. The first-order valence-corrected chi connectivity index (χ1v) is 7.34. The Hall–Kier alpha value is -1.84. The van der Waals surface area contributed by atoms with E-state index in [1.807, 2.05) is 37.4 Å². The van der Waals surface area contributed by atoms with E-state index in [0.717, 1.165) is 17.7 Å². The van der Waals surface area contributed by atoms with Crippen molar-refractivity contribution in [2.75, 3.05) is 25.1 Å². The van der Waals surface area contributed by atoms with Crippen molar-refractivity contribution in [1.29, 1.82) is 0 Å². The largest absolute Gasteiger partial charge is 0.394 e. The third kappa shape index (κ3) is 3.63. The number of nitrogens with zero attached hydrogens (tertiary/aromatic N) is 1. The Morgan fingerprint density at radius 3 is 2.19 bits per heavy atom. The third-order valence-electron chi connectivity index (χ3n) is 3.94. The van der Waals surface area contributed by atoms with Crippen LogP contribution in [0.5, 0.6) is 0 Å². The molecule has 2 aromatic carbocycles. The molecule has 0 spiro atoms. The molecule has 2 aromatic rings. The quantitative estimate of drug-likeness (QED) is 0.857. The molecule has 0 aliphatic carbocycles. The number of nitrogens with two attached hydrogens (primary N) is 1. The van der Waals surface area contributed by atoms with Crippen molar-refractivity contribution in [3.05, 3.63) is 65.7 Å². The van der Waals surface area contributed by atoms with Gasteiger partial charge in [0.1, 0.15) is 0 Å². The van der Waals surface area contributed by atoms with Gasteiger partial charge in [0.2, 0.25) is 0 Å². The molecule has 0 heterocycles. The van der Waals surface area contributed by atoms with Gasteiger partial charge in [-0.1, -0.05) is 49.4 Å². The van der Waals surface area contributed by atoms with Gasteiger partial charge >= 0.3 is 0 Å². The molecule has 1 atom stereocenters. The molecule has 0 aliphatic rings. The fourth-order valence-electron chi connectivity index (χ4n) is 2.50. The molecule has 0 bridgehead atoms. The van der Waals surface area contributed by atoms with E-state index >= 15 is 0 Å². The van der Waals surface area contributed by atoms with Gasteiger partial charge in [-0.25, -0.2) is 0 Å². The summed E-state index contributed by atoms with van der Waals surface area (Å²) >= 11 is 0. The van der Waals surface area contributed by atoms with Crippen LogP contribution in [0, 0.1) is 0 Å². The van der Waals surface area contributed by atoms with E-state index in [1.165, 1.54) is 5.56 Å². The molecule has 0 radical (unpaired) electrons. The number of aryl methyl sites for hydroxylation is 1. The number of likely N-dealkylation sites (N-methyl/N-ethyl adjacent to an activating group) is 1. The average molecular weight is 284 g/mol. The summed E-state index contributed by atoms with van der Waals surface area (Å²) in [6, 6.07) is 18.2. The summed E-state index contributed by atoms with van der Waals surface area (Å²) in [4.78, 5) is 2.09. The van der Waals surface area contributed by atoms with Crippen LogP contribution in [0.3, 0.4) is 0 Å². The van der Waals surface area contributed by atoms with Gasteiger partial charge in [-0.15, -0.1) is 0 Å². The van der Waals surface area contributed by atoms with Crippen molar-refractivity contribution in [2.45, 2.75) is 18.9 Å². The summed E-state index contributed by atoms with van der Waals surface area (Å²) < 4.78 is 0. The van der Waals surface area contributed by atoms with E-state index in [1.54, 1.807) is 0 Å². The van der Waals surface area contributed by atoms with E-state index in [2.05, 4.69) is 36.1 Å². The highest BCUT2D eigenvalue weighted by Crippen LogP contribution is 2.22. The maximum atomic E-state index is 9.77. The van der Waals surface area contributed by atoms with Crippen molar-refractivity contribution in [1.82, 2.24) is 0 Å². The Morgan fingerprint density at radius 1 is 1.05 bits per heavy atom. The molecule has 3 nitrogen and oxygen atoms in total. The van der Waals surface area contributed by atoms with Crippen LogP contribution in [0.25, 0.3) is 0 Å². The van der Waals surface area contributed by atoms with Gasteiger partial charge in [0.15, 0.2) is 0 Å². The average Bonchev–Trinajstić information content (AvgIpc) is 2.55. The van der Waals surface area contributed by atoms with Gasteiger partial charge in [0, 0.05) is 19.3 Å². The van der Waals surface area contributed by atoms with Crippen molar-refractivity contribution in [2.24, 2.45) is 5.73 Å². The number of benzene rings is 2. The van der Waals surface area contributed by atoms with Gasteiger partial charge in [-0.05, 0) is 29.7 Å². The number of aliphatic hydroxyl groups is 1. The van der Waals surface area contributed by atoms with Crippen LogP contribution in [-0.4, -0.2) is 25.3 Å². The molecule has 112 valence electrons. The van der Waals surface area contributed by atoms with Gasteiger partial charge in [0.25, 0.3) is 0 Å². The molecule has 3 heteroatoms. The zero-order chi connectivity index (χ0) is 15.3.